The third-order valence-corrected chi connectivity index (χ3v) is 2.77. The number of rotatable bonds is 3. The Morgan fingerprint density at radius 1 is 1.26 bits per heavy atom. The van der Waals surface area contributed by atoms with Crippen LogP contribution in [-0.4, -0.2) is 15.9 Å². The van der Waals surface area contributed by atoms with Gasteiger partial charge in [-0.25, -0.2) is 14.4 Å². The molecule has 0 fully saturated rings. The Labute approximate surface area is 118 Å². The summed E-state index contributed by atoms with van der Waals surface area (Å²) in [4.78, 5) is 19.3. The maximum Gasteiger partial charge on any atom is 0.271 e. The van der Waals surface area contributed by atoms with Crippen molar-refractivity contribution in [2.24, 2.45) is 0 Å². The molecule has 2 rings (SSSR count). The van der Waals surface area contributed by atoms with Gasteiger partial charge in [0.25, 0.3) is 5.91 Å². The van der Waals surface area contributed by atoms with Crippen LogP contribution in [0.5, 0.6) is 0 Å². The molecule has 0 aliphatic rings. The van der Waals surface area contributed by atoms with Crippen LogP contribution in [0.4, 0.5) is 4.39 Å². The molecule has 2 aromatic rings. The maximum atomic E-state index is 13.0. The molecule has 1 N–H and O–H groups in total. The van der Waals surface area contributed by atoms with E-state index in [1.165, 1.54) is 30.6 Å². The fourth-order valence-electron chi connectivity index (χ4n) is 1.35. The first-order valence-electron chi connectivity index (χ1n) is 5.26. The summed E-state index contributed by atoms with van der Waals surface area (Å²) in [5.41, 5.74) is 0.833. The zero-order chi connectivity index (χ0) is 13.8. The Bertz CT molecular complexity index is 604. The number of nitrogens with one attached hydrogen (secondary N) is 1. The van der Waals surface area contributed by atoms with Gasteiger partial charge in [0.15, 0.2) is 0 Å². The van der Waals surface area contributed by atoms with E-state index in [4.69, 9.17) is 23.2 Å². The van der Waals surface area contributed by atoms with E-state index in [0.717, 1.165) is 0 Å². The summed E-state index contributed by atoms with van der Waals surface area (Å²) in [5.74, 6) is -0.898. The molecule has 1 aromatic carbocycles. The average Bonchev–Trinajstić information content (AvgIpc) is 2.40. The van der Waals surface area contributed by atoms with Crippen LogP contribution in [0, 0.1) is 5.82 Å². The molecule has 1 amide bonds. The van der Waals surface area contributed by atoms with Crippen LogP contribution < -0.4 is 5.32 Å². The number of carbonyl (C=O) groups is 1. The quantitative estimate of drug-likeness (QED) is 0.948. The van der Waals surface area contributed by atoms with Gasteiger partial charge in [-0.15, -0.1) is 0 Å². The molecule has 0 atom stereocenters. The highest BCUT2D eigenvalue weighted by Gasteiger charge is 2.08. The highest BCUT2D eigenvalue weighted by atomic mass is 35.5. The van der Waals surface area contributed by atoms with E-state index in [2.05, 4.69) is 15.3 Å². The highest BCUT2D eigenvalue weighted by molar-refractivity contribution is 6.30. The van der Waals surface area contributed by atoms with Crippen molar-refractivity contribution in [2.75, 3.05) is 0 Å². The van der Waals surface area contributed by atoms with Crippen molar-refractivity contribution >= 4 is 29.1 Å². The van der Waals surface area contributed by atoms with E-state index < -0.39 is 11.7 Å². The summed E-state index contributed by atoms with van der Waals surface area (Å²) in [6, 6.07) is 4.23. The molecular weight excluding hydrogens is 292 g/mol. The molecule has 0 saturated carbocycles. The number of hydrogen-bond donors (Lipinski definition) is 1. The van der Waals surface area contributed by atoms with Crippen molar-refractivity contribution in [3.05, 3.63) is 57.8 Å². The minimum Gasteiger partial charge on any atom is -0.347 e. The van der Waals surface area contributed by atoms with Gasteiger partial charge < -0.3 is 5.32 Å². The molecule has 1 heterocycles. The third kappa shape index (κ3) is 3.62. The minimum absolute atomic E-state index is 0.0121. The van der Waals surface area contributed by atoms with E-state index in [-0.39, 0.29) is 22.4 Å². The van der Waals surface area contributed by atoms with Crippen molar-refractivity contribution in [3.8, 4) is 0 Å². The zero-order valence-electron chi connectivity index (χ0n) is 9.53. The Morgan fingerprint density at radius 3 is 2.68 bits per heavy atom. The molecule has 0 bridgehead atoms. The second kappa shape index (κ2) is 5.95. The molecule has 7 heteroatoms. The van der Waals surface area contributed by atoms with Gasteiger partial charge in [-0.3, -0.25) is 4.79 Å². The number of amides is 1. The molecule has 0 aliphatic heterocycles. The number of nitrogens with zero attached hydrogens (tertiary/aromatic N) is 2. The van der Waals surface area contributed by atoms with Crippen LogP contribution in [0.3, 0.4) is 0 Å². The topological polar surface area (TPSA) is 54.9 Å². The first-order valence-corrected chi connectivity index (χ1v) is 6.01. The van der Waals surface area contributed by atoms with Gasteiger partial charge in [0.05, 0.1) is 17.4 Å². The number of benzene rings is 1. The fourth-order valence-corrected chi connectivity index (χ4v) is 1.65. The summed E-state index contributed by atoms with van der Waals surface area (Å²) in [7, 11) is 0. The van der Waals surface area contributed by atoms with E-state index in [9.17, 15) is 9.18 Å². The lowest BCUT2D eigenvalue weighted by Crippen LogP contribution is -2.23. The van der Waals surface area contributed by atoms with Crippen LogP contribution in [0.15, 0.2) is 30.6 Å². The van der Waals surface area contributed by atoms with Crippen molar-refractivity contribution in [2.45, 2.75) is 6.54 Å². The second-order valence-electron chi connectivity index (χ2n) is 3.66. The predicted octanol–water partition coefficient (Wildman–Crippen LogP) is 2.85. The largest absolute Gasteiger partial charge is 0.347 e. The molecular formula is C12H8Cl2FN3O. The molecule has 19 heavy (non-hydrogen) atoms. The first kappa shape index (κ1) is 13.7. The molecule has 0 saturated heterocycles. The lowest BCUT2D eigenvalue weighted by Gasteiger charge is -2.05. The smallest absolute Gasteiger partial charge is 0.271 e. The summed E-state index contributed by atoms with van der Waals surface area (Å²) >= 11 is 11.2. The number of hydrogen-bond acceptors (Lipinski definition) is 3. The Kier molecular flexibility index (Phi) is 4.29. The van der Waals surface area contributed by atoms with E-state index in [1.54, 1.807) is 0 Å². The van der Waals surface area contributed by atoms with Crippen molar-refractivity contribution < 1.29 is 9.18 Å². The fraction of sp³-hybridized carbons (Fsp3) is 0.0833. The third-order valence-electron chi connectivity index (χ3n) is 2.29. The molecule has 1 aromatic heterocycles. The van der Waals surface area contributed by atoms with Crippen LogP contribution in [0.25, 0.3) is 0 Å². The summed E-state index contributed by atoms with van der Waals surface area (Å²) in [6.07, 6.45) is 2.56. The summed E-state index contributed by atoms with van der Waals surface area (Å²) < 4.78 is 13.0. The van der Waals surface area contributed by atoms with Crippen molar-refractivity contribution in [3.63, 3.8) is 0 Å². The number of halogens is 3. The molecule has 4 nitrogen and oxygen atoms in total. The highest BCUT2D eigenvalue weighted by Crippen LogP contribution is 2.15. The SMILES string of the molecule is O=C(NCc1ccc(F)c(Cl)c1)c1cnc(Cl)cn1. The van der Waals surface area contributed by atoms with E-state index in [0.29, 0.717) is 5.56 Å². The molecule has 0 aliphatic carbocycles. The average molecular weight is 300 g/mol. The van der Waals surface area contributed by atoms with Crippen LogP contribution in [-0.2, 0) is 6.54 Å². The number of carbonyl (C=O) groups excluding carboxylic acids is 1. The zero-order valence-corrected chi connectivity index (χ0v) is 11.0. The van der Waals surface area contributed by atoms with E-state index >= 15 is 0 Å². The maximum absolute atomic E-state index is 13.0. The van der Waals surface area contributed by atoms with Gasteiger partial charge in [-0.05, 0) is 17.7 Å². The lowest BCUT2D eigenvalue weighted by atomic mass is 10.2. The van der Waals surface area contributed by atoms with Gasteiger partial charge in [0, 0.05) is 6.54 Å². The Balaban J connectivity index is 2.00. The second-order valence-corrected chi connectivity index (χ2v) is 4.45. The minimum atomic E-state index is -0.500. The Morgan fingerprint density at radius 2 is 2.05 bits per heavy atom. The van der Waals surface area contributed by atoms with Crippen molar-refractivity contribution in [1.29, 1.82) is 0 Å². The molecule has 0 radical (unpaired) electrons. The van der Waals surface area contributed by atoms with Crippen molar-refractivity contribution in [1.82, 2.24) is 15.3 Å². The monoisotopic (exact) mass is 299 g/mol. The van der Waals surface area contributed by atoms with Gasteiger partial charge in [-0.2, -0.15) is 0 Å². The standard InChI is InChI=1S/C12H8Cl2FN3O/c13-8-3-7(1-2-9(8)15)4-18-12(19)10-5-17-11(14)6-16-10/h1-3,5-6H,4H2,(H,18,19). The van der Waals surface area contributed by atoms with Crippen LogP contribution in [0.2, 0.25) is 10.2 Å². The van der Waals surface area contributed by atoms with Gasteiger partial charge in [0.2, 0.25) is 0 Å². The predicted molar refractivity (Wildman–Crippen MR) is 69.6 cm³/mol. The Hall–Kier alpha value is -1.72. The normalized spacial score (nSPS) is 10.3. The molecule has 0 unspecified atom stereocenters. The lowest BCUT2D eigenvalue weighted by molar-refractivity contribution is 0.0945. The summed E-state index contributed by atoms with van der Waals surface area (Å²) in [5, 5.41) is 2.84. The summed E-state index contributed by atoms with van der Waals surface area (Å²) in [6.45, 7) is 0.211. The van der Waals surface area contributed by atoms with Gasteiger partial charge in [0.1, 0.15) is 16.7 Å². The van der Waals surface area contributed by atoms with Crippen LogP contribution in [0.1, 0.15) is 16.1 Å². The molecule has 98 valence electrons. The van der Waals surface area contributed by atoms with Gasteiger partial charge in [-0.1, -0.05) is 29.3 Å². The van der Waals surface area contributed by atoms with E-state index in [1.807, 2.05) is 0 Å². The molecule has 0 spiro atoms. The number of aromatic nitrogens is 2. The van der Waals surface area contributed by atoms with Crippen LogP contribution >= 0.6 is 23.2 Å². The first-order chi connectivity index (χ1) is 9.06. The van der Waals surface area contributed by atoms with Gasteiger partial charge >= 0.3 is 0 Å².